The van der Waals surface area contributed by atoms with Crippen molar-refractivity contribution in [2.75, 3.05) is 19.6 Å². The molecule has 0 amide bonds. The number of para-hydroxylation sites is 4. The first kappa shape index (κ1) is 43.1. The van der Waals surface area contributed by atoms with Crippen molar-refractivity contribution >= 4 is 68.2 Å². The molecule has 0 bridgehead atoms. The highest BCUT2D eigenvalue weighted by molar-refractivity contribution is 5.84. The molecular formula is C63H49N7. The van der Waals surface area contributed by atoms with E-state index < -0.39 is 0 Å². The predicted molar refractivity (Wildman–Crippen MR) is 291 cm³/mol. The van der Waals surface area contributed by atoms with Crippen molar-refractivity contribution in [3.8, 4) is 22.5 Å². The van der Waals surface area contributed by atoms with Gasteiger partial charge in [-0.3, -0.25) is 9.97 Å². The lowest BCUT2D eigenvalue weighted by Crippen LogP contribution is -2.12. The molecule has 0 unspecified atom stereocenters. The van der Waals surface area contributed by atoms with Crippen LogP contribution in [0, 0.1) is 0 Å². The minimum Gasteiger partial charge on any atom is -0.344 e. The Kier molecular flexibility index (Phi) is 12.2. The molecule has 0 aliphatic rings. The van der Waals surface area contributed by atoms with Crippen LogP contribution < -0.4 is 19.6 Å². The fourth-order valence-electron chi connectivity index (χ4n) is 9.22. The first-order chi connectivity index (χ1) is 34.7. The Balaban J connectivity index is 0.859. The second-order valence-corrected chi connectivity index (χ2v) is 16.9. The molecule has 0 saturated carbocycles. The average molecular weight is 904 g/mol. The van der Waals surface area contributed by atoms with E-state index in [1.807, 2.05) is 36.9 Å². The van der Waals surface area contributed by atoms with E-state index >= 15 is 0 Å². The van der Waals surface area contributed by atoms with E-state index in [0.29, 0.717) is 0 Å². The third kappa shape index (κ3) is 8.90. The second-order valence-electron chi connectivity index (χ2n) is 16.9. The number of rotatable bonds is 14. The Hall–Kier alpha value is -9.46. The molecule has 70 heavy (non-hydrogen) atoms. The van der Waals surface area contributed by atoms with Gasteiger partial charge in [-0.2, -0.15) is 0 Å². The third-order valence-electron chi connectivity index (χ3n) is 12.6. The maximum Gasteiger partial charge on any atom is 0.0644 e. The van der Waals surface area contributed by atoms with E-state index in [4.69, 9.17) is 0 Å². The Bertz CT molecular complexity index is 3080. The molecule has 0 N–H and O–H groups in total. The fraction of sp³-hybridized carbons (Fsp3) is 0.0159. The van der Waals surface area contributed by atoms with Crippen LogP contribution in [-0.2, 0) is 7.05 Å². The molecule has 11 rings (SSSR count). The number of nitrogens with zero attached hydrogens (tertiary/aromatic N) is 7. The van der Waals surface area contributed by atoms with Crippen LogP contribution in [0.2, 0.25) is 0 Å². The van der Waals surface area contributed by atoms with Crippen molar-refractivity contribution in [3.05, 3.63) is 280 Å². The molecule has 7 nitrogen and oxygen atoms in total. The first-order valence-electron chi connectivity index (χ1n) is 23.4. The summed E-state index contributed by atoms with van der Waals surface area (Å²) in [5, 5.41) is 0. The fourth-order valence-corrected chi connectivity index (χ4v) is 9.22. The highest BCUT2D eigenvalue weighted by Crippen LogP contribution is 2.42. The quantitative estimate of drug-likeness (QED) is 0.108. The van der Waals surface area contributed by atoms with Crippen LogP contribution in [0.3, 0.4) is 0 Å². The zero-order chi connectivity index (χ0) is 47.1. The lowest BCUT2D eigenvalue weighted by atomic mass is 10.1. The van der Waals surface area contributed by atoms with E-state index in [0.717, 1.165) is 90.8 Å². The van der Waals surface area contributed by atoms with Crippen molar-refractivity contribution in [1.82, 2.24) is 14.5 Å². The number of aromatic nitrogens is 3. The summed E-state index contributed by atoms with van der Waals surface area (Å²) in [4.78, 5) is 18.1. The highest BCUT2D eigenvalue weighted by Gasteiger charge is 2.19. The second kappa shape index (κ2) is 19.8. The lowest BCUT2D eigenvalue weighted by Gasteiger charge is -2.28. The van der Waals surface area contributed by atoms with Crippen LogP contribution in [-0.4, -0.2) is 14.5 Å². The first-order valence-corrected chi connectivity index (χ1v) is 23.4. The molecule has 3 heterocycles. The third-order valence-corrected chi connectivity index (χ3v) is 12.6. The Morgan fingerprint density at radius 1 is 0.243 bits per heavy atom. The number of hydrogen-bond donors (Lipinski definition) is 0. The standard InChI is InChI=1S/C63H49N7/c1-66-62(48-26-30-54(31-27-48)69(60-24-14-44-64-46-60)58-38-34-56(35-39-58)67(50-16-6-2-7-17-50)51-18-8-3-9-19-51)42-43-63(66)49-28-32-55(33-29-49)70(61-25-15-45-65-47-61)59-40-36-57(37-41-59)68(52-20-10-4-11-21-52)53-22-12-5-13-23-53/h2-47H,1H3. The number of anilines is 12. The van der Waals surface area contributed by atoms with Crippen molar-refractivity contribution in [2.45, 2.75) is 0 Å². The van der Waals surface area contributed by atoms with Gasteiger partial charge in [0.2, 0.25) is 0 Å². The van der Waals surface area contributed by atoms with E-state index in [2.05, 4.69) is 284 Å². The summed E-state index contributed by atoms with van der Waals surface area (Å²) in [6.45, 7) is 0. The Labute approximate surface area is 409 Å². The summed E-state index contributed by atoms with van der Waals surface area (Å²) in [6.07, 6.45) is 7.45. The van der Waals surface area contributed by atoms with Crippen LogP contribution >= 0.6 is 0 Å². The van der Waals surface area contributed by atoms with Crippen molar-refractivity contribution in [2.24, 2.45) is 7.05 Å². The smallest absolute Gasteiger partial charge is 0.0644 e. The zero-order valence-electron chi connectivity index (χ0n) is 38.7. The Morgan fingerprint density at radius 2 is 0.471 bits per heavy atom. The van der Waals surface area contributed by atoms with Crippen LogP contribution in [0.25, 0.3) is 22.5 Å². The normalized spacial score (nSPS) is 10.9. The van der Waals surface area contributed by atoms with Gasteiger partial charge in [-0.1, -0.05) is 97.1 Å². The van der Waals surface area contributed by atoms with Gasteiger partial charge in [-0.25, -0.2) is 0 Å². The summed E-state index contributed by atoms with van der Waals surface area (Å²) in [7, 11) is 2.14. The Morgan fingerprint density at radius 3 is 0.729 bits per heavy atom. The van der Waals surface area contributed by atoms with E-state index in [1.165, 1.54) is 0 Å². The molecule has 3 aromatic heterocycles. The van der Waals surface area contributed by atoms with Gasteiger partial charge in [-0.05, 0) is 169 Å². The van der Waals surface area contributed by atoms with Gasteiger partial charge in [-0.15, -0.1) is 0 Å². The monoisotopic (exact) mass is 903 g/mol. The van der Waals surface area contributed by atoms with Gasteiger partial charge in [0.05, 0.1) is 23.8 Å². The molecule has 0 atom stereocenters. The largest absolute Gasteiger partial charge is 0.344 e. The van der Waals surface area contributed by atoms with Crippen LogP contribution in [0.4, 0.5) is 68.2 Å². The SMILES string of the molecule is Cn1c(-c2ccc(N(c3ccc(N(c4ccccc4)c4ccccc4)cc3)c3cccnc3)cc2)ccc1-c1ccc(N(c2ccc(N(c3ccccc3)c3ccccc3)cc2)c2cccnc2)cc1. The molecule has 0 aliphatic heterocycles. The maximum absolute atomic E-state index is 4.50. The van der Waals surface area contributed by atoms with Crippen molar-refractivity contribution in [3.63, 3.8) is 0 Å². The highest BCUT2D eigenvalue weighted by atomic mass is 15.2. The summed E-state index contributed by atoms with van der Waals surface area (Å²) < 4.78 is 2.27. The van der Waals surface area contributed by atoms with Gasteiger partial charge in [0.15, 0.2) is 0 Å². The molecule has 0 radical (unpaired) electrons. The summed E-state index contributed by atoms with van der Waals surface area (Å²) in [5.41, 5.74) is 17.1. The van der Waals surface area contributed by atoms with Gasteiger partial charge in [0, 0.05) is 87.7 Å². The van der Waals surface area contributed by atoms with Gasteiger partial charge in [0.25, 0.3) is 0 Å². The minimum absolute atomic E-state index is 0.979. The molecule has 7 heteroatoms. The summed E-state index contributed by atoms with van der Waals surface area (Å²) in [5.74, 6) is 0. The molecule has 11 aromatic rings. The van der Waals surface area contributed by atoms with Crippen LogP contribution in [0.15, 0.2) is 280 Å². The zero-order valence-corrected chi connectivity index (χ0v) is 38.7. The topological polar surface area (TPSA) is 43.7 Å². The molecule has 0 aliphatic carbocycles. The number of pyridine rings is 2. The van der Waals surface area contributed by atoms with Gasteiger partial charge < -0.3 is 24.2 Å². The van der Waals surface area contributed by atoms with Crippen LogP contribution in [0.1, 0.15) is 0 Å². The average Bonchev–Trinajstić information content (AvgIpc) is 3.82. The van der Waals surface area contributed by atoms with Crippen molar-refractivity contribution in [1.29, 1.82) is 0 Å². The minimum atomic E-state index is 0.979. The van der Waals surface area contributed by atoms with Gasteiger partial charge >= 0.3 is 0 Å². The molecule has 336 valence electrons. The number of benzene rings is 8. The van der Waals surface area contributed by atoms with E-state index in [1.54, 1.807) is 0 Å². The van der Waals surface area contributed by atoms with Crippen LogP contribution in [0.5, 0.6) is 0 Å². The van der Waals surface area contributed by atoms with E-state index in [9.17, 15) is 0 Å². The van der Waals surface area contributed by atoms with Gasteiger partial charge in [0.1, 0.15) is 0 Å². The molecule has 8 aromatic carbocycles. The summed E-state index contributed by atoms with van der Waals surface area (Å²) >= 11 is 0. The lowest BCUT2D eigenvalue weighted by molar-refractivity contribution is 0.946. The molecule has 0 spiro atoms. The molecule has 0 fully saturated rings. The van der Waals surface area contributed by atoms with E-state index in [-0.39, 0.29) is 0 Å². The molecular weight excluding hydrogens is 855 g/mol. The summed E-state index contributed by atoms with van der Waals surface area (Å²) in [6, 6.07) is 89.6. The molecule has 0 saturated heterocycles. The number of hydrogen-bond acceptors (Lipinski definition) is 6. The maximum atomic E-state index is 4.50. The van der Waals surface area contributed by atoms with Crippen molar-refractivity contribution < 1.29 is 0 Å². The predicted octanol–water partition coefficient (Wildman–Crippen LogP) is 17.0.